The van der Waals surface area contributed by atoms with Crippen LogP contribution in [0.4, 0.5) is 0 Å². The number of nitrogens with one attached hydrogen (secondary N) is 2. The minimum absolute atomic E-state index is 0.482. The van der Waals surface area contributed by atoms with Crippen molar-refractivity contribution in [2.24, 2.45) is 5.10 Å². The molecule has 22 heavy (non-hydrogen) atoms. The minimum atomic E-state index is 0.482. The van der Waals surface area contributed by atoms with Crippen molar-refractivity contribution >= 4 is 34.0 Å². The van der Waals surface area contributed by atoms with E-state index in [0.717, 1.165) is 22.4 Å². The van der Waals surface area contributed by atoms with Gasteiger partial charge in [-0.2, -0.15) is 5.10 Å². The summed E-state index contributed by atoms with van der Waals surface area (Å²) in [5.74, 6) is 0.758. The first-order valence-electron chi connectivity index (χ1n) is 7.82. The van der Waals surface area contributed by atoms with Gasteiger partial charge >= 0.3 is 0 Å². The van der Waals surface area contributed by atoms with Crippen LogP contribution in [0.15, 0.2) is 39.9 Å². The highest BCUT2D eigenvalue weighted by molar-refractivity contribution is 7.80. The average Bonchev–Trinajstić information content (AvgIpc) is 2.98. The van der Waals surface area contributed by atoms with Gasteiger partial charge in [-0.15, -0.1) is 0 Å². The fourth-order valence-electron chi connectivity index (χ4n) is 2.81. The Kier molecular flexibility index (Phi) is 4.73. The molecule has 0 aliphatic heterocycles. The van der Waals surface area contributed by atoms with Crippen molar-refractivity contribution in [2.45, 2.75) is 45.1 Å². The Balaban J connectivity index is 1.60. The summed E-state index contributed by atoms with van der Waals surface area (Å²) >= 11 is 5.31. The van der Waals surface area contributed by atoms with Gasteiger partial charge in [-0.05, 0) is 44.1 Å². The number of furan rings is 1. The highest BCUT2D eigenvalue weighted by atomic mass is 32.1. The van der Waals surface area contributed by atoms with Crippen LogP contribution < -0.4 is 10.7 Å². The van der Waals surface area contributed by atoms with Gasteiger partial charge in [-0.1, -0.05) is 37.5 Å². The van der Waals surface area contributed by atoms with Crippen LogP contribution in [0.3, 0.4) is 0 Å². The lowest BCUT2D eigenvalue weighted by molar-refractivity contribution is 0.412. The van der Waals surface area contributed by atoms with Gasteiger partial charge in [-0.3, -0.25) is 5.43 Å². The zero-order valence-electron chi connectivity index (χ0n) is 12.8. The van der Waals surface area contributed by atoms with Crippen molar-refractivity contribution in [3.8, 4) is 0 Å². The van der Waals surface area contributed by atoms with Crippen LogP contribution in [0, 0.1) is 0 Å². The molecule has 0 unspecified atom stereocenters. The summed E-state index contributed by atoms with van der Waals surface area (Å²) in [7, 11) is 0. The average molecular weight is 315 g/mol. The normalized spacial score (nSPS) is 16.7. The molecule has 1 aliphatic rings. The summed E-state index contributed by atoms with van der Waals surface area (Å²) in [6, 6.07) is 10.4. The smallest absolute Gasteiger partial charge is 0.187 e. The van der Waals surface area contributed by atoms with Gasteiger partial charge in [0.25, 0.3) is 0 Å². The number of nitrogens with zero attached hydrogens (tertiary/aromatic N) is 1. The molecule has 0 radical (unpaired) electrons. The van der Waals surface area contributed by atoms with Crippen LogP contribution in [0.1, 0.15) is 44.8 Å². The number of fused-ring (bicyclic) bond motifs is 1. The second-order valence-electron chi connectivity index (χ2n) is 5.77. The topological polar surface area (TPSA) is 49.6 Å². The van der Waals surface area contributed by atoms with Crippen molar-refractivity contribution in [3.63, 3.8) is 0 Å². The molecule has 5 heteroatoms. The van der Waals surface area contributed by atoms with E-state index in [1.54, 1.807) is 0 Å². The van der Waals surface area contributed by atoms with Crippen LogP contribution >= 0.6 is 12.2 Å². The van der Waals surface area contributed by atoms with E-state index in [-0.39, 0.29) is 0 Å². The summed E-state index contributed by atoms with van der Waals surface area (Å²) in [5, 5.41) is 9.32. The van der Waals surface area contributed by atoms with Gasteiger partial charge in [0.05, 0.1) is 0 Å². The summed E-state index contributed by atoms with van der Waals surface area (Å²) < 4.78 is 5.78. The Bertz CT molecular complexity index is 653. The quantitative estimate of drug-likeness (QED) is 0.511. The number of hydrazone groups is 1. The summed E-state index contributed by atoms with van der Waals surface area (Å²) in [5.41, 5.74) is 4.57. The molecular formula is C17H21N3OS. The number of benzene rings is 1. The number of para-hydroxylation sites is 1. The molecule has 116 valence electrons. The summed E-state index contributed by atoms with van der Waals surface area (Å²) in [4.78, 5) is 0. The highest BCUT2D eigenvalue weighted by Gasteiger charge is 2.13. The molecule has 0 spiro atoms. The molecule has 0 amide bonds. The van der Waals surface area contributed by atoms with E-state index in [1.807, 2.05) is 37.3 Å². The fourth-order valence-corrected chi connectivity index (χ4v) is 3.03. The van der Waals surface area contributed by atoms with E-state index in [0.29, 0.717) is 11.2 Å². The Labute approximate surface area is 136 Å². The first kappa shape index (κ1) is 15.0. The molecule has 4 nitrogen and oxygen atoms in total. The van der Waals surface area contributed by atoms with Crippen molar-refractivity contribution in [2.75, 3.05) is 0 Å². The third-order valence-electron chi connectivity index (χ3n) is 4.05. The molecule has 1 aromatic heterocycles. The van der Waals surface area contributed by atoms with Crippen LogP contribution in [0.25, 0.3) is 11.0 Å². The molecular weight excluding hydrogens is 294 g/mol. The Morgan fingerprint density at radius 2 is 2.00 bits per heavy atom. The lowest BCUT2D eigenvalue weighted by Gasteiger charge is -2.23. The van der Waals surface area contributed by atoms with E-state index in [4.69, 9.17) is 16.6 Å². The number of hydrogen-bond acceptors (Lipinski definition) is 3. The maximum absolute atomic E-state index is 5.78. The van der Waals surface area contributed by atoms with Gasteiger partial charge in [0, 0.05) is 11.4 Å². The lowest BCUT2D eigenvalue weighted by Crippen LogP contribution is -2.41. The predicted octanol–water partition coefficient (Wildman–Crippen LogP) is 3.95. The monoisotopic (exact) mass is 315 g/mol. The predicted molar refractivity (Wildman–Crippen MR) is 94.2 cm³/mol. The van der Waals surface area contributed by atoms with Crippen LogP contribution in [-0.2, 0) is 0 Å². The Hall–Kier alpha value is -1.88. The molecule has 1 heterocycles. The maximum Gasteiger partial charge on any atom is 0.187 e. The fraction of sp³-hybridized carbons (Fsp3) is 0.412. The standard InChI is InChI=1S/C17H21N3OS/c1-12(16-11-13-7-5-6-10-15(13)21-16)19-20-17(22)18-14-8-3-2-4-9-14/h5-7,10-11,14H,2-4,8-9H2,1H3,(H2,18,20,22)/b19-12+. The minimum Gasteiger partial charge on any atom is -0.455 e. The molecule has 2 N–H and O–H groups in total. The van der Waals surface area contributed by atoms with Gasteiger partial charge in [-0.25, -0.2) is 0 Å². The van der Waals surface area contributed by atoms with Gasteiger partial charge in [0.1, 0.15) is 11.3 Å². The lowest BCUT2D eigenvalue weighted by atomic mass is 9.96. The maximum atomic E-state index is 5.78. The van der Waals surface area contributed by atoms with Crippen LogP contribution in [0.5, 0.6) is 0 Å². The molecule has 2 aromatic rings. The van der Waals surface area contributed by atoms with Crippen molar-refractivity contribution < 1.29 is 4.42 Å². The molecule has 3 rings (SSSR count). The molecule has 0 bridgehead atoms. The number of rotatable bonds is 3. The van der Waals surface area contributed by atoms with Crippen molar-refractivity contribution in [1.29, 1.82) is 0 Å². The van der Waals surface area contributed by atoms with E-state index in [9.17, 15) is 0 Å². The summed E-state index contributed by atoms with van der Waals surface area (Å²) in [6.07, 6.45) is 6.27. The summed E-state index contributed by atoms with van der Waals surface area (Å²) in [6.45, 7) is 1.91. The third kappa shape index (κ3) is 3.65. The highest BCUT2D eigenvalue weighted by Crippen LogP contribution is 2.19. The van der Waals surface area contributed by atoms with Crippen LogP contribution in [0.2, 0.25) is 0 Å². The van der Waals surface area contributed by atoms with Crippen molar-refractivity contribution in [3.05, 3.63) is 36.1 Å². The third-order valence-corrected chi connectivity index (χ3v) is 4.26. The van der Waals surface area contributed by atoms with E-state index < -0.39 is 0 Å². The molecule has 0 saturated heterocycles. The van der Waals surface area contributed by atoms with Gasteiger partial charge < -0.3 is 9.73 Å². The first-order chi connectivity index (χ1) is 10.7. The SMILES string of the molecule is C/C(=N\NC(=S)NC1CCCCC1)c1cc2ccccc2o1. The molecule has 1 aromatic carbocycles. The second kappa shape index (κ2) is 6.92. The molecule has 1 saturated carbocycles. The largest absolute Gasteiger partial charge is 0.455 e. The second-order valence-corrected chi connectivity index (χ2v) is 6.17. The zero-order chi connectivity index (χ0) is 15.4. The van der Waals surface area contributed by atoms with Gasteiger partial charge in [0.2, 0.25) is 0 Å². The Morgan fingerprint density at radius 3 is 2.77 bits per heavy atom. The number of thiocarbonyl (C=S) groups is 1. The van der Waals surface area contributed by atoms with Crippen molar-refractivity contribution in [1.82, 2.24) is 10.7 Å². The molecule has 1 fully saturated rings. The van der Waals surface area contributed by atoms with Crippen LogP contribution in [-0.4, -0.2) is 16.9 Å². The first-order valence-corrected chi connectivity index (χ1v) is 8.23. The molecule has 0 atom stereocenters. The number of hydrogen-bond donors (Lipinski definition) is 2. The molecule has 1 aliphatic carbocycles. The van der Waals surface area contributed by atoms with E-state index in [2.05, 4.69) is 15.8 Å². The Morgan fingerprint density at radius 1 is 1.23 bits per heavy atom. The van der Waals surface area contributed by atoms with E-state index >= 15 is 0 Å². The van der Waals surface area contributed by atoms with E-state index in [1.165, 1.54) is 32.1 Å². The van der Waals surface area contributed by atoms with Gasteiger partial charge in [0.15, 0.2) is 10.9 Å². The zero-order valence-corrected chi connectivity index (χ0v) is 13.6.